The van der Waals surface area contributed by atoms with Gasteiger partial charge in [0, 0.05) is 11.1 Å². The molecule has 0 fully saturated rings. The number of ether oxygens (including phenoxy) is 1. The number of halogens is 3. The van der Waals surface area contributed by atoms with Gasteiger partial charge >= 0.3 is 6.36 Å². The van der Waals surface area contributed by atoms with Crippen molar-refractivity contribution in [3.05, 3.63) is 100 Å². The van der Waals surface area contributed by atoms with Crippen molar-refractivity contribution in [1.82, 2.24) is 9.78 Å². The van der Waals surface area contributed by atoms with Crippen LogP contribution in [0.2, 0.25) is 0 Å². The molecule has 9 heteroatoms. The van der Waals surface area contributed by atoms with Gasteiger partial charge in [-0.3, -0.25) is 9.59 Å². The first-order valence-corrected chi connectivity index (χ1v) is 9.51. The highest BCUT2D eigenvalue weighted by Crippen LogP contribution is 2.24. The number of benzene rings is 3. The molecule has 1 aromatic heterocycles. The molecule has 0 aliphatic heterocycles. The number of fused-ring (bicyclic) bond motifs is 1. The zero-order chi connectivity index (χ0) is 22.7. The molecule has 1 amide bonds. The van der Waals surface area contributed by atoms with Crippen molar-refractivity contribution in [2.45, 2.75) is 12.9 Å². The van der Waals surface area contributed by atoms with Crippen LogP contribution in [0.3, 0.4) is 0 Å². The van der Waals surface area contributed by atoms with Gasteiger partial charge in [0.25, 0.3) is 11.5 Å². The Morgan fingerprint density at radius 1 is 0.906 bits per heavy atom. The maximum Gasteiger partial charge on any atom is 0.573 e. The summed E-state index contributed by atoms with van der Waals surface area (Å²) in [4.78, 5) is 25.8. The lowest BCUT2D eigenvalue weighted by molar-refractivity contribution is -0.274. The molecule has 4 rings (SSSR count). The Hall–Kier alpha value is -4.14. The molecule has 6 nitrogen and oxygen atoms in total. The van der Waals surface area contributed by atoms with E-state index in [0.29, 0.717) is 10.8 Å². The van der Waals surface area contributed by atoms with E-state index in [1.54, 1.807) is 24.3 Å². The second-order valence-corrected chi connectivity index (χ2v) is 6.87. The maximum absolute atomic E-state index is 13.0. The molecule has 0 unspecified atom stereocenters. The van der Waals surface area contributed by atoms with Crippen LogP contribution < -0.4 is 15.6 Å². The summed E-state index contributed by atoms with van der Waals surface area (Å²) in [5.41, 5.74) is 0.765. The van der Waals surface area contributed by atoms with Crippen molar-refractivity contribution in [2.24, 2.45) is 0 Å². The summed E-state index contributed by atoms with van der Waals surface area (Å²) in [6, 6.07) is 20.5. The average Bonchev–Trinajstić information content (AvgIpc) is 2.77. The lowest BCUT2D eigenvalue weighted by Gasteiger charge is -2.12. The molecule has 0 radical (unpaired) electrons. The minimum Gasteiger partial charge on any atom is -0.406 e. The highest BCUT2D eigenvalue weighted by atomic mass is 19.4. The topological polar surface area (TPSA) is 73.2 Å². The fourth-order valence-electron chi connectivity index (χ4n) is 3.20. The van der Waals surface area contributed by atoms with Gasteiger partial charge in [-0.25, -0.2) is 4.68 Å². The Bertz CT molecular complexity index is 1320. The third-order valence-corrected chi connectivity index (χ3v) is 4.60. The second kappa shape index (κ2) is 8.54. The number of hydrogen-bond acceptors (Lipinski definition) is 4. The van der Waals surface area contributed by atoms with Crippen molar-refractivity contribution < 1.29 is 22.7 Å². The molecule has 0 aliphatic rings. The standard InChI is InChI=1S/C23H16F3N3O3/c24-23(25,26)32-17-12-10-16(11-13-17)27-21(30)20-18-8-4-5-9-19(18)22(31)29(28-20)14-15-6-2-1-3-7-15/h1-13H,14H2,(H,27,30). The molecule has 0 saturated heterocycles. The van der Waals surface area contributed by atoms with E-state index in [9.17, 15) is 22.8 Å². The molecular weight excluding hydrogens is 423 g/mol. The quantitative estimate of drug-likeness (QED) is 0.494. The van der Waals surface area contributed by atoms with Crippen LogP contribution in [-0.2, 0) is 6.54 Å². The number of aromatic nitrogens is 2. The van der Waals surface area contributed by atoms with Gasteiger partial charge in [0.15, 0.2) is 5.69 Å². The van der Waals surface area contributed by atoms with Crippen molar-refractivity contribution in [3.63, 3.8) is 0 Å². The minimum atomic E-state index is -4.81. The minimum absolute atomic E-state index is 0.0201. The predicted molar refractivity (Wildman–Crippen MR) is 113 cm³/mol. The zero-order valence-electron chi connectivity index (χ0n) is 16.5. The van der Waals surface area contributed by atoms with Crippen molar-refractivity contribution >= 4 is 22.4 Å². The van der Waals surface area contributed by atoms with Crippen LogP contribution in [0.5, 0.6) is 5.75 Å². The molecule has 0 aliphatic carbocycles. The van der Waals surface area contributed by atoms with Crippen LogP contribution in [0, 0.1) is 0 Å². The Morgan fingerprint density at radius 3 is 2.19 bits per heavy atom. The predicted octanol–water partition coefficient (Wildman–Crippen LogP) is 4.60. The second-order valence-electron chi connectivity index (χ2n) is 6.87. The van der Waals surface area contributed by atoms with E-state index in [1.807, 2.05) is 30.3 Å². The summed E-state index contributed by atoms with van der Waals surface area (Å²) >= 11 is 0. The van der Waals surface area contributed by atoms with Gasteiger partial charge in [0.2, 0.25) is 0 Å². The highest BCUT2D eigenvalue weighted by molar-refractivity contribution is 6.11. The number of rotatable bonds is 5. The van der Waals surface area contributed by atoms with Crippen molar-refractivity contribution in [2.75, 3.05) is 5.32 Å². The number of nitrogens with one attached hydrogen (secondary N) is 1. The van der Waals surface area contributed by atoms with Gasteiger partial charge in [-0.2, -0.15) is 5.10 Å². The normalized spacial score (nSPS) is 11.3. The molecule has 0 spiro atoms. The largest absolute Gasteiger partial charge is 0.573 e. The lowest BCUT2D eigenvalue weighted by atomic mass is 10.1. The Balaban J connectivity index is 1.66. The van der Waals surface area contributed by atoms with Crippen molar-refractivity contribution in [3.8, 4) is 5.75 Å². The van der Waals surface area contributed by atoms with E-state index in [4.69, 9.17) is 0 Å². The van der Waals surface area contributed by atoms with Gasteiger partial charge in [0.1, 0.15) is 5.75 Å². The van der Waals surface area contributed by atoms with Crippen LogP contribution in [0.4, 0.5) is 18.9 Å². The molecule has 1 heterocycles. The van der Waals surface area contributed by atoms with E-state index in [1.165, 1.54) is 16.8 Å². The number of alkyl halides is 3. The summed E-state index contributed by atoms with van der Waals surface area (Å²) in [6.07, 6.45) is -4.81. The number of nitrogens with zero attached hydrogens (tertiary/aromatic N) is 2. The molecule has 32 heavy (non-hydrogen) atoms. The summed E-state index contributed by atoms with van der Waals surface area (Å²) in [5, 5.41) is 7.58. The van der Waals surface area contributed by atoms with Crippen LogP contribution in [0.1, 0.15) is 16.1 Å². The Kier molecular flexibility index (Phi) is 5.63. The van der Waals surface area contributed by atoms with Gasteiger partial charge in [-0.15, -0.1) is 13.2 Å². The van der Waals surface area contributed by atoms with Gasteiger partial charge < -0.3 is 10.1 Å². The molecule has 0 atom stereocenters. The molecule has 162 valence electrons. The number of anilines is 1. The first kappa shape index (κ1) is 21.1. The molecular formula is C23H16F3N3O3. The third-order valence-electron chi connectivity index (χ3n) is 4.60. The van der Waals surface area contributed by atoms with Crippen LogP contribution in [0.25, 0.3) is 10.8 Å². The van der Waals surface area contributed by atoms with Gasteiger partial charge in [0.05, 0.1) is 11.9 Å². The molecule has 1 N–H and O–H groups in total. The fourth-order valence-corrected chi connectivity index (χ4v) is 3.20. The van der Waals surface area contributed by atoms with Gasteiger partial charge in [-0.05, 0) is 35.9 Å². The maximum atomic E-state index is 13.0. The smallest absolute Gasteiger partial charge is 0.406 e. The van der Waals surface area contributed by atoms with E-state index < -0.39 is 18.0 Å². The lowest BCUT2D eigenvalue weighted by Crippen LogP contribution is -2.28. The van der Waals surface area contributed by atoms with Crippen LogP contribution >= 0.6 is 0 Å². The number of carbonyl (C=O) groups excluding carboxylic acids is 1. The average molecular weight is 439 g/mol. The van der Waals surface area contributed by atoms with Crippen LogP contribution in [0.15, 0.2) is 83.7 Å². The van der Waals surface area contributed by atoms with Gasteiger partial charge in [-0.1, -0.05) is 48.5 Å². The number of hydrogen-bond donors (Lipinski definition) is 1. The summed E-state index contributed by atoms with van der Waals surface area (Å²) < 4.78 is 42.0. The highest BCUT2D eigenvalue weighted by Gasteiger charge is 2.31. The fraction of sp³-hybridized carbons (Fsp3) is 0.0870. The number of amides is 1. The molecule has 0 saturated carbocycles. The third kappa shape index (κ3) is 4.77. The van der Waals surface area contributed by atoms with E-state index in [2.05, 4.69) is 15.2 Å². The summed E-state index contributed by atoms with van der Waals surface area (Å²) in [6.45, 7) is 0.175. The summed E-state index contributed by atoms with van der Waals surface area (Å²) in [5.74, 6) is -1.01. The molecule has 0 bridgehead atoms. The first-order valence-electron chi connectivity index (χ1n) is 9.51. The number of carbonyl (C=O) groups is 1. The van der Waals surface area contributed by atoms with E-state index in [-0.39, 0.29) is 23.5 Å². The first-order chi connectivity index (χ1) is 15.3. The van der Waals surface area contributed by atoms with E-state index >= 15 is 0 Å². The summed E-state index contributed by atoms with van der Waals surface area (Å²) in [7, 11) is 0. The SMILES string of the molecule is O=C(Nc1ccc(OC(F)(F)F)cc1)c1nn(Cc2ccccc2)c(=O)c2ccccc12. The Morgan fingerprint density at radius 2 is 1.53 bits per heavy atom. The van der Waals surface area contributed by atoms with E-state index in [0.717, 1.165) is 17.7 Å². The zero-order valence-corrected chi connectivity index (χ0v) is 16.5. The molecule has 4 aromatic rings. The Labute approximate surface area is 179 Å². The van der Waals surface area contributed by atoms with Crippen LogP contribution in [-0.4, -0.2) is 22.1 Å². The molecule has 3 aromatic carbocycles. The van der Waals surface area contributed by atoms with Crippen molar-refractivity contribution in [1.29, 1.82) is 0 Å². The monoisotopic (exact) mass is 439 g/mol.